The molecule has 2 spiro atoms. The van der Waals surface area contributed by atoms with E-state index < -0.39 is 25.6 Å². The maximum absolute atomic E-state index is 15.1. The first-order valence-electron chi connectivity index (χ1n) is 21.0. The van der Waals surface area contributed by atoms with Crippen LogP contribution < -0.4 is 20.0 Å². The molecule has 4 aliphatic heterocycles. The molecule has 1 unspecified atom stereocenters. The van der Waals surface area contributed by atoms with Crippen molar-refractivity contribution in [1.29, 1.82) is 0 Å². The highest BCUT2D eigenvalue weighted by Crippen LogP contribution is 2.60. The lowest BCUT2D eigenvalue weighted by atomic mass is 9.82. The second-order valence-corrected chi connectivity index (χ2v) is 22.2. The zero-order chi connectivity index (χ0) is 41.8. The van der Waals surface area contributed by atoms with Crippen molar-refractivity contribution in [3.63, 3.8) is 0 Å². The quantitative estimate of drug-likeness (QED) is 0.127. The van der Waals surface area contributed by atoms with E-state index in [0.29, 0.717) is 31.9 Å². The standard InChI is InChI=1S/C46H52BrN7O5Si/c1-31-42(60(2,3)58)41(20-25-51-28-39(49-50-51)37(29-55)33-10-6-4-7-11-33)59-46(31)38-26-34(47)16-19-40(38)52(44(46)57)27-32-14-17-35(18-15-32)53-30-54(36-12-8-5-9-13-36)45(43(53)56)21-23-48-24-22-45/h4-19,26,28,31,37,41-42,48,55,58H,20-25,27,29-30H2,1-3H3/t31-,37?,41+,42-,46+/m1/s1. The number of benzene rings is 4. The number of halogens is 1. The number of hydrogen-bond acceptors (Lipinski definition) is 9. The Morgan fingerprint density at radius 3 is 2.32 bits per heavy atom. The van der Waals surface area contributed by atoms with Gasteiger partial charge in [-0.3, -0.25) is 19.2 Å². The van der Waals surface area contributed by atoms with Gasteiger partial charge in [-0.05, 0) is 99.0 Å². The largest absolute Gasteiger partial charge is 0.432 e. The van der Waals surface area contributed by atoms with E-state index in [9.17, 15) is 14.7 Å². The molecule has 0 radical (unpaired) electrons. The molecule has 5 atom stereocenters. The summed E-state index contributed by atoms with van der Waals surface area (Å²) in [5, 5.41) is 22.5. The SMILES string of the molecule is C[C@@H]1[C@@H]([Si](C)(C)O)[C@H](CCn2cc(C(CO)c3ccccc3)nn2)O[C@@]12C(=O)N(Cc1ccc(N3CN(c4ccccc4)C4(CCNCC4)C3=O)cc1)c1ccc(Br)cc12. The number of fused-ring (bicyclic) bond motifs is 2. The molecule has 312 valence electrons. The zero-order valence-electron chi connectivity index (χ0n) is 34.2. The molecule has 3 fully saturated rings. The van der Waals surface area contributed by atoms with E-state index in [0.717, 1.165) is 64.2 Å². The summed E-state index contributed by atoms with van der Waals surface area (Å²) in [7, 11) is -2.90. The summed E-state index contributed by atoms with van der Waals surface area (Å²) >= 11 is 3.68. The number of carbonyl (C=O) groups excluding carboxylic acids is 2. The van der Waals surface area contributed by atoms with E-state index >= 15 is 4.79 Å². The zero-order valence-corrected chi connectivity index (χ0v) is 36.8. The number of para-hydroxylation sites is 1. The average molecular weight is 891 g/mol. The summed E-state index contributed by atoms with van der Waals surface area (Å²) in [6.07, 6.45) is 3.43. The molecule has 12 nitrogen and oxygen atoms in total. The van der Waals surface area contributed by atoms with Gasteiger partial charge in [-0.25, -0.2) is 0 Å². The van der Waals surface area contributed by atoms with Crippen LogP contribution in [0.1, 0.15) is 54.5 Å². The number of aliphatic hydroxyl groups is 1. The maximum Gasteiger partial charge on any atom is 0.264 e. The average Bonchev–Trinajstić information content (AvgIpc) is 3.98. The van der Waals surface area contributed by atoms with Gasteiger partial charge >= 0.3 is 0 Å². The molecule has 0 aliphatic carbocycles. The smallest absolute Gasteiger partial charge is 0.264 e. The highest BCUT2D eigenvalue weighted by atomic mass is 79.9. The maximum atomic E-state index is 15.1. The molecular formula is C46H52BrN7O5Si. The van der Waals surface area contributed by atoms with Crippen molar-refractivity contribution in [2.24, 2.45) is 5.92 Å². The van der Waals surface area contributed by atoms with Crippen LogP contribution in [0.2, 0.25) is 18.6 Å². The van der Waals surface area contributed by atoms with Crippen molar-refractivity contribution in [2.45, 2.75) is 81.1 Å². The van der Waals surface area contributed by atoms with Crippen LogP contribution in [0.3, 0.4) is 0 Å². The van der Waals surface area contributed by atoms with Gasteiger partial charge < -0.3 is 29.8 Å². The number of nitrogens with zero attached hydrogens (tertiary/aromatic N) is 6. The Labute approximate surface area is 360 Å². The molecule has 9 rings (SSSR count). The number of piperidine rings is 1. The van der Waals surface area contributed by atoms with Crippen LogP contribution in [0.15, 0.2) is 114 Å². The third-order valence-corrected chi connectivity index (χ3v) is 16.4. The Balaban J connectivity index is 0.963. The first kappa shape index (κ1) is 40.7. The first-order chi connectivity index (χ1) is 28.9. The fourth-order valence-electron chi connectivity index (χ4n) is 10.5. The van der Waals surface area contributed by atoms with Crippen LogP contribution in [0, 0.1) is 5.92 Å². The minimum atomic E-state index is -2.90. The number of rotatable bonds is 11. The van der Waals surface area contributed by atoms with E-state index in [4.69, 9.17) is 4.74 Å². The second kappa shape index (κ2) is 16.0. The van der Waals surface area contributed by atoms with Gasteiger partial charge in [0.15, 0.2) is 13.9 Å². The molecule has 3 saturated heterocycles. The van der Waals surface area contributed by atoms with Crippen molar-refractivity contribution in [3.8, 4) is 0 Å². The van der Waals surface area contributed by atoms with E-state index in [1.54, 1.807) is 4.68 Å². The molecule has 5 aromatic rings. The molecule has 5 heterocycles. The first-order valence-corrected chi connectivity index (χ1v) is 24.8. The molecule has 0 bridgehead atoms. The van der Waals surface area contributed by atoms with Crippen LogP contribution >= 0.6 is 15.9 Å². The third kappa shape index (κ3) is 6.90. The lowest BCUT2D eigenvalue weighted by Crippen LogP contribution is -2.55. The fraction of sp³-hybridized carbons (Fsp3) is 0.391. The number of aliphatic hydroxyl groups excluding tert-OH is 1. The highest BCUT2D eigenvalue weighted by molar-refractivity contribution is 9.10. The molecule has 0 saturated carbocycles. The van der Waals surface area contributed by atoms with Gasteiger partial charge in [-0.2, -0.15) is 0 Å². The molecular weight excluding hydrogens is 839 g/mol. The molecule has 4 aromatic carbocycles. The number of aromatic nitrogens is 3. The number of amides is 2. The third-order valence-electron chi connectivity index (χ3n) is 13.4. The van der Waals surface area contributed by atoms with E-state index in [1.165, 1.54) is 0 Å². The molecule has 3 N–H and O–H groups in total. The van der Waals surface area contributed by atoms with Crippen molar-refractivity contribution in [3.05, 3.63) is 136 Å². The van der Waals surface area contributed by atoms with Gasteiger partial charge in [0.25, 0.3) is 11.8 Å². The van der Waals surface area contributed by atoms with Crippen LogP contribution in [0.5, 0.6) is 0 Å². The van der Waals surface area contributed by atoms with E-state index in [-0.39, 0.29) is 35.8 Å². The van der Waals surface area contributed by atoms with Gasteiger partial charge in [0, 0.05) is 45.6 Å². The van der Waals surface area contributed by atoms with Gasteiger partial charge in [-0.15, -0.1) is 5.10 Å². The number of anilines is 3. The van der Waals surface area contributed by atoms with Crippen LogP contribution in [-0.4, -0.2) is 83.0 Å². The number of carbonyl (C=O) groups is 2. The summed E-state index contributed by atoms with van der Waals surface area (Å²) < 4.78 is 9.70. The Morgan fingerprint density at radius 1 is 0.933 bits per heavy atom. The lowest BCUT2D eigenvalue weighted by molar-refractivity contribution is -0.146. The van der Waals surface area contributed by atoms with Gasteiger partial charge in [0.2, 0.25) is 0 Å². The molecule has 14 heteroatoms. The summed E-state index contributed by atoms with van der Waals surface area (Å²) in [6, 6.07) is 33.9. The van der Waals surface area contributed by atoms with E-state index in [2.05, 4.69) is 55.5 Å². The summed E-state index contributed by atoms with van der Waals surface area (Å²) in [6.45, 7) is 8.64. The predicted molar refractivity (Wildman–Crippen MR) is 237 cm³/mol. The summed E-state index contributed by atoms with van der Waals surface area (Å²) in [4.78, 5) is 47.3. The predicted octanol–water partition coefficient (Wildman–Crippen LogP) is 6.53. The lowest BCUT2D eigenvalue weighted by Gasteiger charge is -2.39. The number of nitrogens with one attached hydrogen (secondary N) is 1. The van der Waals surface area contributed by atoms with Gasteiger partial charge in [0.05, 0.1) is 43.2 Å². The molecule has 4 aliphatic rings. The van der Waals surface area contributed by atoms with Crippen molar-refractivity contribution in [1.82, 2.24) is 20.3 Å². The minimum absolute atomic E-state index is 0.0943. The molecule has 60 heavy (non-hydrogen) atoms. The Hall–Kier alpha value is -4.70. The van der Waals surface area contributed by atoms with Crippen LogP contribution in [-0.2, 0) is 33.0 Å². The Kier molecular flexibility index (Phi) is 10.8. The van der Waals surface area contributed by atoms with Crippen molar-refractivity contribution < 1.29 is 24.2 Å². The second-order valence-electron chi connectivity index (χ2n) is 17.3. The minimum Gasteiger partial charge on any atom is -0.432 e. The fourth-order valence-corrected chi connectivity index (χ4v) is 13.5. The topological polar surface area (TPSA) is 136 Å². The number of ether oxygens (including phenoxy) is 1. The normalized spacial score (nSPS) is 24.2. The summed E-state index contributed by atoms with van der Waals surface area (Å²) in [5.41, 5.74) is 3.88. The monoisotopic (exact) mass is 889 g/mol. The van der Waals surface area contributed by atoms with Crippen molar-refractivity contribution >= 4 is 53.1 Å². The van der Waals surface area contributed by atoms with Gasteiger partial charge in [0.1, 0.15) is 5.54 Å². The molecule has 1 aromatic heterocycles. The number of hydrogen-bond donors (Lipinski definition) is 3. The summed E-state index contributed by atoms with van der Waals surface area (Å²) in [5.74, 6) is -0.638. The number of aryl methyl sites for hydroxylation is 1. The Morgan fingerprint density at radius 2 is 1.63 bits per heavy atom. The van der Waals surface area contributed by atoms with Crippen LogP contribution in [0.25, 0.3) is 0 Å². The molecule has 2 amide bonds. The van der Waals surface area contributed by atoms with Gasteiger partial charge in [-0.1, -0.05) is 88.7 Å². The Bertz CT molecular complexity index is 2350. The van der Waals surface area contributed by atoms with Crippen LogP contribution in [0.4, 0.5) is 17.1 Å². The van der Waals surface area contributed by atoms with E-state index in [1.807, 2.05) is 120 Å². The van der Waals surface area contributed by atoms with Crippen molar-refractivity contribution in [2.75, 3.05) is 41.1 Å². The highest BCUT2D eigenvalue weighted by Gasteiger charge is 2.66.